The Balaban J connectivity index is 1.66. The molecular weight excluding hydrogens is 412 g/mol. The van der Waals surface area contributed by atoms with Crippen LogP contribution in [0.15, 0.2) is 30.3 Å². The number of rotatable bonds is 4. The lowest BCUT2D eigenvalue weighted by molar-refractivity contribution is -0.152. The van der Waals surface area contributed by atoms with E-state index >= 15 is 0 Å². The Labute approximate surface area is 189 Å². The average Bonchev–Trinajstić information content (AvgIpc) is 3.11. The van der Waals surface area contributed by atoms with Gasteiger partial charge in [-0.15, -0.1) is 0 Å². The molecule has 0 bridgehead atoms. The molecule has 8 heteroatoms. The fourth-order valence-corrected chi connectivity index (χ4v) is 4.45. The van der Waals surface area contributed by atoms with Gasteiger partial charge >= 0.3 is 18.2 Å². The molecule has 0 aliphatic carbocycles. The molecule has 1 unspecified atom stereocenters. The van der Waals surface area contributed by atoms with Crippen LogP contribution in [0.1, 0.15) is 46.1 Å². The van der Waals surface area contributed by atoms with E-state index in [4.69, 9.17) is 14.2 Å². The number of hydrogen-bond donors (Lipinski definition) is 0. The van der Waals surface area contributed by atoms with Crippen molar-refractivity contribution in [1.82, 2.24) is 9.80 Å². The standard InChI is InChI=1S/C24H34N2O6/c1-5-30-20(27)19-15-26(21(28)31-16-18-9-7-6-8-10-18)17-24(19)11-13-25(14-12-24)22(29)32-23(2,3)4/h6-10,19H,5,11-17H2,1-4H3. The molecule has 2 heterocycles. The predicted molar refractivity (Wildman–Crippen MR) is 118 cm³/mol. The summed E-state index contributed by atoms with van der Waals surface area (Å²) in [4.78, 5) is 41.3. The fraction of sp³-hybridized carbons (Fsp3) is 0.625. The van der Waals surface area contributed by atoms with Gasteiger partial charge in [0.05, 0.1) is 12.5 Å². The largest absolute Gasteiger partial charge is 0.466 e. The zero-order valence-electron chi connectivity index (χ0n) is 19.5. The topological polar surface area (TPSA) is 85.4 Å². The number of benzene rings is 1. The molecule has 176 valence electrons. The molecule has 0 radical (unpaired) electrons. The van der Waals surface area contributed by atoms with E-state index in [1.54, 1.807) is 16.7 Å². The summed E-state index contributed by atoms with van der Waals surface area (Å²) in [5.41, 5.74) is -0.0922. The van der Waals surface area contributed by atoms with Crippen LogP contribution >= 0.6 is 0 Å². The van der Waals surface area contributed by atoms with Crippen molar-refractivity contribution < 1.29 is 28.6 Å². The smallest absolute Gasteiger partial charge is 0.410 e. The lowest BCUT2D eigenvalue weighted by Crippen LogP contribution is -2.49. The highest BCUT2D eigenvalue weighted by Gasteiger charge is 2.54. The van der Waals surface area contributed by atoms with Crippen molar-refractivity contribution in [2.45, 2.75) is 52.7 Å². The molecule has 1 aromatic carbocycles. The molecule has 0 N–H and O–H groups in total. The summed E-state index contributed by atoms with van der Waals surface area (Å²) >= 11 is 0. The summed E-state index contributed by atoms with van der Waals surface area (Å²) in [6.45, 7) is 9.36. The van der Waals surface area contributed by atoms with Crippen LogP contribution in [-0.4, -0.2) is 66.3 Å². The first-order chi connectivity index (χ1) is 15.1. The number of esters is 1. The number of amides is 2. The van der Waals surface area contributed by atoms with Gasteiger partial charge in [0.2, 0.25) is 0 Å². The number of piperidine rings is 1. The van der Waals surface area contributed by atoms with Gasteiger partial charge in [-0.3, -0.25) is 4.79 Å². The van der Waals surface area contributed by atoms with E-state index in [-0.39, 0.29) is 31.8 Å². The molecule has 1 aromatic rings. The number of ether oxygens (including phenoxy) is 3. The second-order valence-electron chi connectivity index (χ2n) is 9.56. The van der Waals surface area contributed by atoms with E-state index in [0.717, 1.165) is 5.56 Å². The van der Waals surface area contributed by atoms with Gasteiger partial charge in [0.25, 0.3) is 0 Å². The first-order valence-electron chi connectivity index (χ1n) is 11.2. The molecule has 32 heavy (non-hydrogen) atoms. The Morgan fingerprint density at radius 3 is 2.25 bits per heavy atom. The quantitative estimate of drug-likeness (QED) is 0.516. The summed E-state index contributed by atoms with van der Waals surface area (Å²) in [5, 5.41) is 0. The van der Waals surface area contributed by atoms with E-state index in [1.807, 2.05) is 51.1 Å². The Morgan fingerprint density at radius 2 is 1.66 bits per heavy atom. The van der Waals surface area contributed by atoms with Gasteiger partial charge in [-0.25, -0.2) is 9.59 Å². The number of likely N-dealkylation sites (tertiary alicyclic amines) is 2. The average molecular weight is 447 g/mol. The van der Waals surface area contributed by atoms with Crippen molar-refractivity contribution in [3.05, 3.63) is 35.9 Å². The Kier molecular flexibility index (Phi) is 7.31. The van der Waals surface area contributed by atoms with Gasteiger partial charge in [-0.2, -0.15) is 0 Å². The van der Waals surface area contributed by atoms with E-state index in [2.05, 4.69) is 0 Å². The normalized spacial score (nSPS) is 20.2. The summed E-state index contributed by atoms with van der Waals surface area (Å²) in [6.07, 6.45) is 0.405. The van der Waals surface area contributed by atoms with Gasteiger partial charge in [-0.1, -0.05) is 30.3 Å². The van der Waals surface area contributed by atoms with Crippen molar-refractivity contribution in [3.8, 4) is 0 Å². The molecule has 3 rings (SSSR count). The van der Waals surface area contributed by atoms with E-state index in [0.29, 0.717) is 32.5 Å². The molecule has 1 atom stereocenters. The molecule has 1 spiro atoms. The van der Waals surface area contributed by atoms with E-state index < -0.39 is 23.0 Å². The van der Waals surface area contributed by atoms with Gasteiger partial charge in [0, 0.05) is 31.6 Å². The monoisotopic (exact) mass is 446 g/mol. The lowest BCUT2D eigenvalue weighted by Gasteiger charge is -2.41. The van der Waals surface area contributed by atoms with E-state index in [1.165, 1.54) is 0 Å². The molecule has 2 amide bonds. The number of carbonyl (C=O) groups excluding carboxylic acids is 3. The highest BCUT2D eigenvalue weighted by atomic mass is 16.6. The van der Waals surface area contributed by atoms with Crippen LogP contribution in [0.4, 0.5) is 9.59 Å². The van der Waals surface area contributed by atoms with Crippen LogP contribution in [0.5, 0.6) is 0 Å². The summed E-state index contributed by atoms with van der Waals surface area (Å²) in [5.74, 6) is -0.732. The van der Waals surface area contributed by atoms with Crippen LogP contribution in [0.2, 0.25) is 0 Å². The van der Waals surface area contributed by atoms with Gasteiger partial charge in [0.1, 0.15) is 12.2 Å². The summed E-state index contributed by atoms with van der Waals surface area (Å²) in [6, 6.07) is 9.48. The number of carbonyl (C=O) groups is 3. The van der Waals surface area contributed by atoms with E-state index in [9.17, 15) is 14.4 Å². The minimum Gasteiger partial charge on any atom is -0.466 e. The molecule has 8 nitrogen and oxygen atoms in total. The Morgan fingerprint density at radius 1 is 1.00 bits per heavy atom. The van der Waals surface area contributed by atoms with Crippen LogP contribution in [0, 0.1) is 11.3 Å². The number of nitrogens with zero attached hydrogens (tertiary/aromatic N) is 2. The third kappa shape index (κ3) is 5.72. The second-order valence-corrected chi connectivity index (χ2v) is 9.56. The van der Waals surface area contributed by atoms with Crippen LogP contribution in [0.3, 0.4) is 0 Å². The second kappa shape index (κ2) is 9.79. The third-order valence-electron chi connectivity index (χ3n) is 6.09. The molecule has 2 aliphatic rings. The molecule has 2 fully saturated rings. The molecular formula is C24H34N2O6. The maximum Gasteiger partial charge on any atom is 0.410 e. The first-order valence-corrected chi connectivity index (χ1v) is 11.2. The van der Waals surface area contributed by atoms with Crippen molar-refractivity contribution in [2.75, 3.05) is 32.8 Å². The van der Waals surface area contributed by atoms with Crippen molar-refractivity contribution in [2.24, 2.45) is 11.3 Å². The predicted octanol–water partition coefficient (Wildman–Crippen LogP) is 3.84. The minimum atomic E-state index is -0.563. The van der Waals surface area contributed by atoms with Gasteiger partial charge < -0.3 is 24.0 Å². The highest BCUT2D eigenvalue weighted by Crippen LogP contribution is 2.45. The zero-order valence-corrected chi connectivity index (χ0v) is 19.5. The molecule has 0 aromatic heterocycles. The van der Waals surface area contributed by atoms with Crippen molar-refractivity contribution >= 4 is 18.2 Å². The summed E-state index contributed by atoms with van der Waals surface area (Å²) < 4.78 is 16.3. The van der Waals surface area contributed by atoms with Crippen LogP contribution in [-0.2, 0) is 25.6 Å². The Bertz CT molecular complexity index is 812. The zero-order chi connectivity index (χ0) is 23.4. The Hall–Kier alpha value is -2.77. The maximum absolute atomic E-state index is 12.8. The third-order valence-corrected chi connectivity index (χ3v) is 6.09. The van der Waals surface area contributed by atoms with Crippen LogP contribution < -0.4 is 0 Å². The lowest BCUT2D eigenvalue weighted by atomic mass is 9.71. The van der Waals surface area contributed by atoms with Gasteiger partial charge in [0.15, 0.2) is 0 Å². The summed E-state index contributed by atoms with van der Waals surface area (Å²) in [7, 11) is 0. The van der Waals surface area contributed by atoms with Crippen LogP contribution in [0.25, 0.3) is 0 Å². The highest BCUT2D eigenvalue weighted by molar-refractivity contribution is 5.77. The number of hydrogen-bond acceptors (Lipinski definition) is 6. The molecule has 2 aliphatic heterocycles. The van der Waals surface area contributed by atoms with Crippen molar-refractivity contribution in [1.29, 1.82) is 0 Å². The fourth-order valence-electron chi connectivity index (χ4n) is 4.45. The minimum absolute atomic E-state index is 0.180. The molecule has 0 saturated carbocycles. The molecule has 2 saturated heterocycles. The first kappa shape index (κ1) is 23.9. The van der Waals surface area contributed by atoms with Gasteiger partial charge in [-0.05, 0) is 46.1 Å². The SMILES string of the molecule is CCOC(=O)C1CN(C(=O)OCc2ccccc2)CC12CCN(C(=O)OC(C)(C)C)CC2. The maximum atomic E-state index is 12.8. The van der Waals surface area contributed by atoms with Crippen molar-refractivity contribution in [3.63, 3.8) is 0 Å².